The molecule has 1 aliphatic rings. The van der Waals surface area contributed by atoms with E-state index < -0.39 is 12.0 Å². The lowest BCUT2D eigenvalue weighted by atomic mass is 10.0. The van der Waals surface area contributed by atoms with Gasteiger partial charge in [-0.25, -0.2) is 0 Å². The van der Waals surface area contributed by atoms with Crippen LogP contribution in [-0.4, -0.2) is 53.7 Å². The van der Waals surface area contributed by atoms with E-state index in [0.717, 1.165) is 24.0 Å². The third-order valence-corrected chi connectivity index (χ3v) is 5.89. The molecular formula is C24H26N4O3. The first-order valence-corrected chi connectivity index (χ1v) is 10.4. The van der Waals surface area contributed by atoms with Crippen molar-refractivity contribution < 1.29 is 14.6 Å². The number of ether oxygens (including phenoxy) is 1. The van der Waals surface area contributed by atoms with Crippen molar-refractivity contribution in [2.75, 3.05) is 37.7 Å². The first-order valence-electron chi connectivity index (χ1n) is 10.4. The average molecular weight is 418 g/mol. The number of carboxylic acids is 1. The fourth-order valence-electron chi connectivity index (χ4n) is 4.42. The van der Waals surface area contributed by atoms with E-state index >= 15 is 0 Å². The summed E-state index contributed by atoms with van der Waals surface area (Å²) in [4.78, 5) is 19.8. The lowest BCUT2D eigenvalue weighted by Crippen LogP contribution is -2.49. The van der Waals surface area contributed by atoms with Gasteiger partial charge >= 0.3 is 5.97 Å². The van der Waals surface area contributed by atoms with Crippen molar-refractivity contribution >= 4 is 22.6 Å². The smallest absolute Gasteiger partial charge is 0.325 e. The third-order valence-electron chi connectivity index (χ3n) is 5.89. The molecule has 1 aliphatic heterocycles. The Bertz CT molecular complexity index is 1140. The molecule has 2 N–H and O–H groups in total. The van der Waals surface area contributed by atoms with E-state index in [1.165, 1.54) is 16.8 Å². The maximum atomic E-state index is 12.3. The second-order valence-corrected chi connectivity index (χ2v) is 7.95. The van der Waals surface area contributed by atoms with Gasteiger partial charge in [0.1, 0.15) is 17.9 Å². The monoisotopic (exact) mass is 418 g/mol. The number of rotatable bonds is 6. The van der Waals surface area contributed by atoms with E-state index in [2.05, 4.69) is 41.9 Å². The minimum Gasteiger partial charge on any atom is -0.480 e. The van der Waals surface area contributed by atoms with Crippen LogP contribution in [0, 0.1) is 25.2 Å². The molecule has 31 heavy (non-hydrogen) atoms. The molecule has 0 bridgehead atoms. The number of nitrogens with one attached hydrogen (secondary N) is 1. The fraction of sp³-hybridized carbons (Fsp3) is 0.333. The summed E-state index contributed by atoms with van der Waals surface area (Å²) in [7, 11) is 0. The van der Waals surface area contributed by atoms with Crippen LogP contribution in [0.2, 0.25) is 0 Å². The van der Waals surface area contributed by atoms with Gasteiger partial charge in [-0.15, -0.1) is 0 Å². The summed E-state index contributed by atoms with van der Waals surface area (Å²) in [6.07, 6.45) is 1.77. The number of carbonyl (C=O) groups is 1. The van der Waals surface area contributed by atoms with Gasteiger partial charge in [0.2, 0.25) is 0 Å². The molecule has 1 saturated heterocycles. The van der Waals surface area contributed by atoms with Gasteiger partial charge in [0.15, 0.2) is 6.61 Å². The number of aryl methyl sites for hydroxylation is 2. The number of aliphatic carboxylic acids is 1. The van der Waals surface area contributed by atoms with E-state index in [1.807, 2.05) is 17.0 Å². The summed E-state index contributed by atoms with van der Waals surface area (Å²) in [6.45, 7) is 7.01. The number of carboxylic acid groups (broad SMARTS) is 1. The topological polar surface area (TPSA) is 92.6 Å². The van der Waals surface area contributed by atoms with Crippen molar-refractivity contribution in [3.8, 4) is 11.8 Å². The first-order chi connectivity index (χ1) is 15.0. The maximum absolute atomic E-state index is 12.3. The molecule has 0 amide bonds. The van der Waals surface area contributed by atoms with Crippen LogP contribution >= 0.6 is 0 Å². The van der Waals surface area contributed by atoms with Gasteiger partial charge in [0.05, 0.1) is 0 Å². The van der Waals surface area contributed by atoms with E-state index in [9.17, 15) is 9.90 Å². The number of nitriles is 1. The van der Waals surface area contributed by atoms with Crippen LogP contribution in [0.5, 0.6) is 5.75 Å². The van der Waals surface area contributed by atoms with Crippen LogP contribution in [0.15, 0.2) is 42.6 Å². The van der Waals surface area contributed by atoms with Crippen molar-refractivity contribution in [1.82, 2.24) is 9.88 Å². The number of H-pyrrole nitrogens is 1. The van der Waals surface area contributed by atoms with Gasteiger partial charge in [-0.1, -0.05) is 17.7 Å². The van der Waals surface area contributed by atoms with E-state index in [1.54, 1.807) is 18.3 Å². The number of aromatic amines is 1. The minimum absolute atomic E-state index is 0.0476. The summed E-state index contributed by atoms with van der Waals surface area (Å²) < 4.78 is 5.41. The zero-order valence-corrected chi connectivity index (χ0v) is 17.8. The highest BCUT2D eigenvalue weighted by Crippen LogP contribution is 2.32. The molecule has 4 rings (SSSR count). The van der Waals surface area contributed by atoms with E-state index in [4.69, 9.17) is 10.00 Å². The molecule has 1 fully saturated rings. The standard InChI is InChI=1S/C24H26N4O3/c1-16-3-6-22(17(2)13-16)27-8-10-28(11-9-27)23(24(29)30)20-15-26-21-5-4-18(14-19(20)21)31-12-7-25/h3-6,13-15,23,26H,8-12H2,1-2H3,(H,29,30)/t23-/m0/s1. The predicted octanol–water partition coefficient (Wildman–Crippen LogP) is 3.64. The molecular weight excluding hydrogens is 392 g/mol. The molecule has 3 aromatic rings. The molecule has 2 heterocycles. The second kappa shape index (κ2) is 8.70. The normalized spacial score (nSPS) is 15.6. The summed E-state index contributed by atoms with van der Waals surface area (Å²) >= 11 is 0. The Balaban J connectivity index is 1.56. The van der Waals surface area contributed by atoms with Crippen LogP contribution in [-0.2, 0) is 4.79 Å². The van der Waals surface area contributed by atoms with Gasteiger partial charge in [0, 0.05) is 54.5 Å². The number of aromatic nitrogens is 1. The number of benzene rings is 2. The fourth-order valence-corrected chi connectivity index (χ4v) is 4.42. The Morgan fingerprint density at radius 1 is 1.19 bits per heavy atom. The summed E-state index contributed by atoms with van der Waals surface area (Å²) in [5, 5.41) is 19.6. The minimum atomic E-state index is -0.871. The van der Waals surface area contributed by atoms with Crippen molar-refractivity contribution in [2.45, 2.75) is 19.9 Å². The molecule has 0 aliphatic carbocycles. The number of anilines is 1. The number of fused-ring (bicyclic) bond motifs is 1. The molecule has 2 aromatic carbocycles. The molecule has 0 unspecified atom stereocenters. The molecule has 160 valence electrons. The molecule has 7 nitrogen and oxygen atoms in total. The van der Waals surface area contributed by atoms with Crippen LogP contribution in [0.4, 0.5) is 5.69 Å². The van der Waals surface area contributed by atoms with Gasteiger partial charge in [0.25, 0.3) is 0 Å². The highest BCUT2D eigenvalue weighted by Gasteiger charge is 2.32. The Morgan fingerprint density at radius 3 is 2.65 bits per heavy atom. The zero-order chi connectivity index (χ0) is 22.0. The molecule has 0 spiro atoms. The predicted molar refractivity (Wildman–Crippen MR) is 119 cm³/mol. The number of piperazine rings is 1. The Morgan fingerprint density at radius 2 is 1.97 bits per heavy atom. The summed E-state index contributed by atoms with van der Waals surface area (Å²) in [5.41, 5.74) is 5.25. The molecule has 7 heteroatoms. The number of nitrogens with zero attached hydrogens (tertiary/aromatic N) is 3. The van der Waals surface area contributed by atoms with Crippen molar-refractivity contribution in [3.63, 3.8) is 0 Å². The van der Waals surface area contributed by atoms with E-state index in [0.29, 0.717) is 24.4 Å². The van der Waals surface area contributed by atoms with Gasteiger partial charge in [-0.3, -0.25) is 9.69 Å². The van der Waals surface area contributed by atoms with Crippen LogP contribution < -0.4 is 9.64 Å². The van der Waals surface area contributed by atoms with Crippen LogP contribution in [0.25, 0.3) is 10.9 Å². The third kappa shape index (κ3) is 4.21. The molecule has 0 saturated carbocycles. The van der Waals surface area contributed by atoms with E-state index in [-0.39, 0.29) is 6.61 Å². The molecule has 1 aromatic heterocycles. The Kier molecular flexibility index (Phi) is 5.83. The van der Waals surface area contributed by atoms with Crippen LogP contribution in [0.1, 0.15) is 22.7 Å². The Hall–Kier alpha value is -3.50. The summed E-state index contributed by atoms with van der Waals surface area (Å²) in [5.74, 6) is -0.317. The second-order valence-electron chi connectivity index (χ2n) is 7.95. The van der Waals surface area contributed by atoms with Gasteiger partial charge < -0.3 is 19.7 Å². The van der Waals surface area contributed by atoms with Crippen molar-refractivity contribution in [3.05, 3.63) is 59.3 Å². The van der Waals surface area contributed by atoms with Crippen molar-refractivity contribution in [2.24, 2.45) is 0 Å². The lowest BCUT2D eigenvalue weighted by molar-refractivity contribution is -0.143. The van der Waals surface area contributed by atoms with Crippen molar-refractivity contribution in [1.29, 1.82) is 5.26 Å². The van der Waals surface area contributed by atoms with Gasteiger partial charge in [-0.05, 0) is 43.7 Å². The maximum Gasteiger partial charge on any atom is 0.325 e. The molecule has 0 radical (unpaired) electrons. The average Bonchev–Trinajstić information content (AvgIpc) is 3.16. The highest BCUT2D eigenvalue weighted by atomic mass is 16.5. The Labute approximate surface area is 181 Å². The SMILES string of the molecule is Cc1ccc(N2CCN([C@H](C(=O)O)c3c[nH]c4ccc(OCC#N)cc34)CC2)c(C)c1. The first kappa shape index (κ1) is 20.8. The number of hydrogen-bond acceptors (Lipinski definition) is 5. The largest absolute Gasteiger partial charge is 0.480 e. The summed E-state index contributed by atoms with van der Waals surface area (Å²) in [6, 6.07) is 13.1. The van der Waals surface area contributed by atoms with Crippen LogP contribution in [0.3, 0.4) is 0 Å². The highest BCUT2D eigenvalue weighted by molar-refractivity contribution is 5.90. The zero-order valence-electron chi connectivity index (χ0n) is 17.8. The molecule has 1 atom stereocenters. The lowest BCUT2D eigenvalue weighted by Gasteiger charge is -2.39. The quantitative estimate of drug-likeness (QED) is 0.635. The number of hydrogen-bond donors (Lipinski definition) is 2. The van der Waals surface area contributed by atoms with Gasteiger partial charge in [-0.2, -0.15) is 5.26 Å².